The normalized spacial score (nSPS) is 41.2. The van der Waals surface area contributed by atoms with E-state index in [4.69, 9.17) is 4.74 Å². The zero-order valence-electron chi connectivity index (χ0n) is 7.76. The van der Waals surface area contributed by atoms with E-state index in [0.29, 0.717) is 12.1 Å². The Morgan fingerprint density at radius 1 is 1.36 bits per heavy atom. The molecule has 3 unspecified atom stereocenters. The summed E-state index contributed by atoms with van der Waals surface area (Å²) in [5.41, 5.74) is 0. The van der Waals surface area contributed by atoms with Gasteiger partial charge in [-0.2, -0.15) is 0 Å². The highest BCUT2D eigenvalue weighted by atomic mass is 16.5. The van der Waals surface area contributed by atoms with Crippen molar-refractivity contribution in [2.45, 2.75) is 39.3 Å². The highest BCUT2D eigenvalue weighted by Crippen LogP contribution is 2.25. The van der Waals surface area contributed by atoms with E-state index in [0.717, 1.165) is 19.1 Å². The second-order valence-corrected chi connectivity index (χ2v) is 3.12. The molecule has 2 rings (SSSR count). The molecule has 0 amide bonds. The van der Waals surface area contributed by atoms with Gasteiger partial charge < -0.3 is 10.1 Å². The summed E-state index contributed by atoms with van der Waals surface area (Å²) in [4.78, 5) is 0. The van der Waals surface area contributed by atoms with Gasteiger partial charge in [0.2, 0.25) is 0 Å². The molecule has 2 saturated heterocycles. The first-order valence-electron chi connectivity index (χ1n) is 4.73. The van der Waals surface area contributed by atoms with Crippen molar-refractivity contribution in [2.75, 3.05) is 13.2 Å². The van der Waals surface area contributed by atoms with Crippen molar-refractivity contribution in [3.8, 4) is 0 Å². The lowest BCUT2D eigenvalue weighted by molar-refractivity contribution is 0.0833. The summed E-state index contributed by atoms with van der Waals surface area (Å²) in [6.07, 6.45) is 1.75. The first kappa shape index (κ1) is 9.01. The van der Waals surface area contributed by atoms with Crippen LogP contribution in [0.1, 0.15) is 27.2 Å². The van der Waals surface area contributed by atoms with Crippen LogP contribution in [0.25, 0.3) is 0 Å². The second kappa shape index (κ2) is 4.07. The fourth-order valence-corrected chi connectivity index (χ4v) is 1.84. The molecule has 0 aromatic carbocycles. The smallest absolute Gasteiger partial charge is 0.0766 e. The first-order chi connectivity index (χ1) is 5.38. The molecule has 2 heterocycles. The molecule has 0 bridgehead atoms. The van der Waals surface area contributed by atoms with Crippen LogP contribution >= 0.6 is 0 Å². The maximum atomic E-state index is 5.53. The minimum Gasteiger partial charge on any atom is -0.376 e. The van der Waals surface area contributed by atoms with E-state index in [2.05, 4.69) is 12.2 Å². The SMILES string of the molecule is CC.CC1CNC2CCOC12. The average molecular weight is 157 g/mol. The summed E-state index contributed by atoms with van der Waals surface area (Å²) in [6.45, 7) is 8.37. The number of hydrogen-bond acceptors (Lipinski definition) is 2. The van der Waals surface area contributed by atoms with Crippen LogP contribution in [-0.2, 0) is 4.74 Å². The average Bonchev–Trinajstić information content (AvgIpc) is 2.60. The Kier molecular flexibility index (Phi) is 3.34. The third-order valence-corrected chi connectivity index (χ3v) is 2.40. The Morgan fingerprint density at radius 2 is 2.09 bits per heavy atom. The van der Waals surface area contributed by atoms with Gasteiger partial charge in [-0.1, -0.05) is 20.8 Å². The molecule has 0 aromatic heterocycles. The predicted octanol–water partition coefficient (Wildman–Crippen LogP) is 1.41. The molecule has 0 saturated carbocycles. The van der Waals surface area contributed by atoms with Crippen LogP contribution in [-0.4, -0.2) is 25.3 Å². The van der Waals surface area contributed by atoms with Gasteiger partial charge in [-0.05, 0) is 12.3 Å². The summed E-state index contributed by atoms with van der Waals surface area (Å²) in [6, 6.07) is 0.681. The molecule has 2 heteroatoms. The fraction of sp³-hybridized carbons (Fsp3) is 1.00. The van der Waals surface area contributed by atoms with Gasteiger partial charge in [-0.25, -0.2) is 0 Å². The minimum atomic E-state index is 0.532. The van der Waals surface area contributed by atoms with Crippen molar-refractivity contribution >= 4 is 0 Å². The number of hydrogen-bond donors (Lipinski definition) is 1. The Labute approximate surface area is 69.3 Å². The molecule has 0 spiro atoms. The van der Waals surface area contributed by atoms with Crippen molar-refractivity contribution in [1.29, 1.82) is 0 Å². The third-order valence-electron chi connectivity index (χ3n) is 2.40. The highest BCUT2D eigenvalue weighted by molar-refractivity contribution is 4.92. The standard InChI is InChI=1S/C7H13NO.C2H6/c1-5-4-8-6-2-3-9-7(5)6;1-2/h5-8H,2-4H2,1H3;1-2H3. The van der Waals surface area contributed by atoms with Crippen molar-refractivity contribution in [2.24, 2.45) is 5.92 Å². The van der Waals surface area contributed by atoms with Gasteiger partial charge in [0.1, 0.15) is 0 Å². The molecular weight excluding hydrogens is 138 g/mol. The molecule has 11 heavy (non-hydrogen) atoms. The van der Waals surface area contributed by atoms with E-state index in [1.54, 1.807) is 0 Å². The molecule has 0 aliphatic carbocycles. The van der Waals surface area contributed by atoms with Crippen LogP contribution in [0.5, 0.6) is 0 Å². The quantitative estimate of drug-likeness (QED) is 0.574. The van der Waals surface area contributed by atoms with Crippen molar-refractivity contribution in [3.05, 3.63) is 0 Å². The van der Waals surface area contributed by atoms with Gasteiger partial charge in [0, 0.05) is 19.2 Å². The summed E-state index contributed by atoms with van der Waals surface area (Å²) in [5, 5.41) is 3.44. The summed E-state index contributed by atoms with van der Waals surface area (Å²) < 4.78 is 5.53. The zero-order chi connectivity index (χ0) is 8.27. The first-order valence-corrected chi connectivity index (χ1v) is 4.73. The molecule has 2 aliphatic heterocycles. The minimum absolute atomic E-state index is 0.532. The van der Waals surface area contributed by atoms with Gasteiger partial charge in [0.05, 0.1) is 6.10 Å². The van der Waals surface area contributed by atoms with E-state index in [-0.39, 0.29) is 0 Å². The maximum Gasteiger partial charge on any atom is 0.0766 e. The predicted molar refractivity (Wildman–Crippen MR) is 46.7 cm³/mol. The Bertz CT molecular complexity index is 116. The fourth-order valence-electron chi connectivity index (χ4n) is 1.84. The van der Waals surface area contributed by atoms with E-state index < -0.39 is 0 Å². The van der Waals surface area contributed by atoms with Crippen LogP contribution in [0, 0.1) is 5.92 Å². The van der Waals surface area contributed by atoms with E-state index in [1.165, 1.54) is 6.42 Å². The molecule has 1 N–H and O–H groups in total. The van der Waals surface area contributed by atoms with Gasteiger partial charge in [0.25, 0.3) is 0 Å². The monoisotopic (exact) mass is 157 g/mol. The van der Waals surface area contributed by atoms with Crippen LogP contribution < -0.4 is 5.32 Å². The van der Waals surface area contributed by atoms with Gasteiger partial charge in [0.15, 0.2) is 0 Å². The molecule has 0 aromatic rings. The Morgan fingerprint density at radius 3 is 2.73 bits per heavy atom. The number of ether oxygens (including phenoxy) is 1. The lowest BCUT2D eigenvalue weighted by atomic mass is 10.0. The Balaban J connectivity index is 0.000000281. The maximum absolute atomic E-state index is 5.53. The zero-order valence-corrected chi connectivity index (χ0v) is 7.76. The van der Waals surface area contributed by atoms with E-state index >= 15 is 0 Å². The number of nitrogens with one attached hydrogen (secondary N) is 1. The van der Waals surface area contributed by atoms with Crippen molar-refractivity contribution in [1.82, 2.24) is 5.32 Å². The topological polar surface area (TPSA) is 21.3 Å². The molecule has 66 valence electrons. The molecule has 3 atom stereocenters. The summed E-state index contributed by atoms with van der Waals surface area (Å²) in [7, 11) is 0. The lowest BCUT2D eigenvalue weighted by Gasteiger charge is -2.10. The van der Waals surface area contributed by atoms with Crippen molar-refractivity contribution < 1.29 is 4.74 Å². The van der Waals surface area contributed by atoms with Gasteiger partial charge in [-0.3, -0.25) is 0 Å². The largest absolute Gasteiger partial charge is 0.376 e. The Hall–Kier alpha value is -0.0800. The molecule has 2 nitrogen and oxygen atoms in total. The summed E-state index contributed by atoms with van der Waals surface area (Å²) >= 11 is 0. The molecular formula is C9H19NO. The number of rotatable bonds is 0. The van der Waals surface area contributed by atoms with Crippen LogP contribution in [0.2, 0.25) is 0 Å². The second-order valence-electron chi connectivity index (χ2n) is 3.12. The molecule has 2 aliphatic rings. The molecule has 0 radical (unpaired) electrons. The van der Waals surface area contributed by atoms with Gasteiger partial charge in [-0.15, -0.1) is 0 Å². The number of fused-ring (bicyclic) bond motifs is 1. The van der Waals surface area contributed by atoms with E-state index in [9.17, 15) is 0 Å². The highest BCUT2D eigenvalue weighted by Gasteiger charge is 2.37. The third kappa shape index (κ3) is 1.74. The summed E-state index contributed by atoms with van der Waals surface area (Å²) in [5.74, 6) is 0.734. The van der Waals surface area contributed by atoms with Crippen LogP contribution in [0.4, 0.5) is 0 Å². The van der Waals surface area contributed by atoms with Gasteiger partial charge >= 0.3 is 0 Å². The van der Waals surface area contributed by atoms with Crippen LogP contribution in [0.15, 0.2) is 0 Å². The molecule has 2 fully saturated rings. The lowest BCUT2D eigenvalue weighted by Crippen LogP contribution is -2.25. The van der Waals surface area contributed by atoms with E-state index in [1.807, 2.05) is 13.8 Å². The van der Waals surface area contributed by atoms with Crippen molar-refractivity contribution in [3.63, 3.8) is 0 Å². The van der Waals surface area contributed by atoms with Crippen LogP contribution in [0.3, 0.4) is 0 Å².